The van der Waals surface area contributed by atoms with Crippen LogP contribution in [0.25, 0.3) is 16.6 Å². The molecule has 0 amide bonds. The third-order valence-electron chi connectivity index (χ3n) is 7.36. The highest BCUT2D eigenvalue weighted by molar-refractivity contribution is 5.85. The zero-order valence-corrected chi connectivity index (χ0v) is 22.3. The molecular weight excluding hydrogens is 488 g/mol. The lowest BCUT2D eigenvalue weighted by Crippen LogP contribution is -2.68. The Morgan fingerprint density at radius 1 is 1.10 bits per heavy atom. The fourth-order valence-corrected chi connectivity index (χ4v) is 5.43. The molecule has 0 saturated carbocycles. The number of methoxy groups -OCH3 is 1. The number of hydrogen-bond acceptors (Lipinski definition) is 8. The average Bonchev–Trinajstić information content (AvgIpc) is 3.37. The Morgan fingerprint density at radius 3 is 2.56 bits per heavy atom. The summed E-state index contributed by atoms with van der Waals surface area (Å²) in [6.07, 6.45) is 8.40. The number of piperidine rings is 1. The molecular formula is C30H30N8O. The van der Waals surface area contributed by atoms with E-state index in [1.54, 1.807) is 17.8 Å². The van der Waals surface area contributed by atoms with Gasteiger partial charge in [-0.15, -0.1) is 0 Å². The van der Waals surface area contributed by atoms with Crippen LogP contribution in [0.4, 0.5) is 5.82 Å². The molecule has 7 heterocycles. The van der Waals surface area contributed by atoms with Gasteiger partial charge in [0, 0.05) is 73.1 Å². The number of anilines is 1. The average molecular weight is 519 g/mol. The van der Waals surface area contributed by atoms with Gasteiger partial charge in [-0.2, -0.15) is 10.4 Å². The van der Waals surface area contributed by atoms with E-state index in [0.717, 1.165) is 47.7 Å². The molecule has 2 atom stereocenters. The Labute approximate surface area is 227 Å². The number of nitriles is 1. The molecule has 7 rings (SSSR count). The van der Waals surface area contributed by atoms with E-state index in [1.807, 2.05) is 44.6 Å². The molecule has 3 aliphatic heterocycles. The van der Waals surface area contributed by atoms with Gasteiger partial charge in [-0.05, 0) is 44.0 Å². The number of rotatable bonds is 5. The van der Waals surface area contributed by atoms with Crippen LogP contribution >= 0.6 is 0 Å². The minimum atomic E-state index is -0.615. The number of pyridine rings is 3. The van der Waals surface area contributed by atoms with Crippen molar-refractivity contribution in [1.29, 1.82) is 5.26 Å². The van der Waals surface area contributed by atoms with Crippen LogP contribution in [0.5, 0.6) is 5.88 Å². The first-order valence-electron chi connectivity index (χ1n) is 13.0. The first kappa shape index (κ1) is 24.9. The van der Waals surface area contributed by atoms with E-state index in [2.05, 4.69) is 56.0 Å². The summed E-state index contributed by atoms with van der Waals surface area (Å²) >= 11 is 0. The summed E-state index contributed by atoms with van der Waals surface area (Å²) in [5.74, 6) is 7.83. The molecule has 4 aromatic rings. The van der Waals surface area contributed by atoms with Crippen LogP contribution in [0, 0.1) is 23.2 Å². The highest BCUT2D eigenvalue weighted by Gasteiger charge is 2.44. The predicted octanol–water partition coefficient (Wildman–Crippen LogP) is 3.22. The van der Waals surface area contributed by atoms with Gasteiger partial charge in [-0.25, -0.2) is 14.5 Å². The number of ether oxygens (including phenoxy) is 1. The third kappa shape index (κ3) is 4.90. The van der Waals surface area contributed by atoms with Gasteiger partial charge in [-0.3, -0.25) is 4.90 Å². The zero-order valence-electron chi connectivity index (χ0n) is 22.3. The molecule has 2 N–H and O–H groups in total. The van der Waals surface area contributed by atoms with Gasteiger partial charge >= 0.3 is 0 Å². The highest BCUT2D eigenvalue weighted by Crippen LogP contribution is 2.36. The second-order valence-electron chi connectivity index (χ2n) is 10.8. The standard InChI is InChI=1S/C30H30N8O/c1-30(2,32)9-8-20-10-26(29-23(12-31)15-35-38(29)17-20)22-5-6-27(33-14-22)36-18-24-11-25(19-36)37(24)16-21-4-7-28(39-3)34-13-21/h4-7,10,13-15,17,24-25H,11,16,18-19,32H2,1-3H3. The van der Waals surface area contributed by atoms with Gasteiger partial charge in [0.25, 0.3) is 0 Å². The number of nitrogens with zero attached hydrogens (tertiary/aromatic N) is 7. The summed E-state index contributed by atoms with van der Waals surface area (Å²) in [5.41, 5.74) is 10.5. The summed E-state index contributed by atoms with van der Waals surface area (Å²) in [7, 11) is 1.63. The van der Waals surface area contributed by atoms with Crippen molar-refractivity contribution in [2.24, 2.45) is 5.73 Å². The van der Waals surface area contributed by atoms with Gasteiger partial charge in [-0.1, -0.05) is 17.9 Å². The van der Waals surface area contributed by atoms with Crippen molar-refractivity contribution in [1.82, 2.24) is 24.5 Å². The Hall–Kier alpha value is -4.44. The Balaban J connectivity index is 1.22. The molecule has 0 aliphatic carbocycles. The Kier molecular flexibility index (Phi) is 6.19. The monoisotopic (exact) mass is 518 g/mol. The molecule has 0 spiro atoms. The minimum absolute atomic E-state index is 0.499. The maximum Gasteiger partial charge on any atom is 0.212 e. The van der Waals surface area contributed by atoms with Crippen molar-refractivity contribution in [2.45, 2.75) is 44.4 Å². The van der Waals surface area contributed by atoms with E-state index >= 15 is 0 Å². The van der Waals surface area contributed by atoms with Crippen molar-refractivity contribution in [3.05, 3.63) is 71.8 Å². The van der Waals surface area contributed by atoms with Crippen LogP contribution in [0.1, 0.15) is 37.0 Å². The van der Waals surface area contributed by atoms with Gasteiger partial charge < -0.3 is 15.4 Å². The molecule has 39 heavy (non-hydrogen) atoms. The normalized spacial score (nSPS) is 18.7. The summed E-state index contributed by atoms with van der Waals surface area (Å²) in [6.45, 7) is 6.51. The first-order chi connectivity index (χ1) is 18.8. The number of aromatic nitrogens is 4. The summed E-state index contributed by atoms with van der Waals surface area (Å²) in [4.78, 5) is 14.1. The van der Waals surface area contributed by atoms with Gasteiger partial charge in [0.1, 0.15) is 11.9 Å². The molecule has 3 aliphatic rings. The van der Waals surface area contributed by atoms with Crippen molar-refractivity contribution in [2.75, 3.05) is 25.1 Å². The molecule has 9 nitrogen and oxygen atoms in total. The number of piperazine rings is 1. The SMILES string of the molecule is COc1ccc(CN2C3CC2CN(c2ccc(-c4cc(C#CC(C)(C)N)cn5ncc(C#N)c45)cn2)C3)cn1. The summed E-state index contributed by atoms with van der Waals surface area (Å²) in [5, 5.41) is 14.1. The van der Waals surface area contributed by atoms with Crippen LogP contribution in [0.2, 0.25) is 0 Å². The van der Waals surface area contributed by atoms with Crippen LogP contribution < -0.4 is 15.4 Å². The Morgan fingerprint density at radius 2 is 1.92 bits per heavy atom. The lowest BCUT2D eigenvalue weighted by atomic mass is 9.87. The second-order valence-corrected chi connectivity index (χ2v) is 10.8. The van der Waals surface area contributed by atoms with E-state index < -0.39 is 5.54 Å². The van der Waals surface area contributed by atoms with Crippen molar-refractivity contribution in [3.8, 4) is 34.9 Å². The lowest BCUT2D eigenvalue weighted by Gasteiger charge is -2.56. The third-order valence-corrected chi connectivity index (χ3v) is 7.36. The fourth-order valence-electron chi connectivity index (χ4n) is 5.43. The van der Waals surface area contributed by atoms with E-state index in [9.17, 15) is 5.26 Å². The lowest BCUT2D eigenvalue weighted by molar-refractivity contribution is -0.00876. The molecule has 3 fully saturated rings. The summed E-state index contributed by atoms with van der Waals surface area (Å²) in [6, 6.07) is 13.4. The zero-order chi connectivity index (χ0) is 27.1. The van der Waals surface area contributed by atoms with E-state index in [1.165, 1.54) is 12.0 Å². The minimum Gasteiger partial charge on any atom is -0.481 e. The Bertz CT molecular complexity index is 1600. The highest BCUT2D eigenvalue weighted by atomic mass is 16.5. The second kappa shape index (κ2) is 9.70. The smallest absolute Gasteiger partial charge is 0.212 e. The molecule has 4 aromatic heterocycles. The van der Waals surface area contributed by atoms with Crippen LogP contribution in [0.3, 0.4) is 0 Å². The maximum absolute atomic E-state index is 9.67. The molecule has 196 valence electrons. The van der Waals surface area contributed by atoms with Crippen LogP contribution in [-0.4, -0.2) is 62.3 Å². The molecule has 0 radical (unpaired) electrons. The van der Waals surface area contributed by atoms with Gasteiger partial charge in [0.05, 0.1) is 29.9 Å². The fraction of sp³-hybridized carbons (Fsp3) is 0.333. The molecule has 0 aromatic carbocycles. The number of fused-ring (bicyclic) bond motifs is 3. The molecule has 3 saturated heterocycles. The van der Waals surface area contributed by atoms with E-state index in [-0.39, 0.29) is 0 Å². The summed E-state index contributed by atoms with van der Waals surface area (Å²) < 4.78 is 6.89. The van der Waals surface area contributed by atoms with Crippen LogP contribution in [-0.2, 0) is 6.54 Å². The van der Waals surface area contributed by atoms with Crippen molar-refractivity contribution in [3.63, 3.8) is 0 Å². The largest absolute Gasteiger partial charge is 0.481 e. The van der Waals surface area contributed by atoms with Crippen molar-refractivity contribution >= 4 is 11.3 Å². The van der Waals surface area contributed by atoms with Gasteiger partial charge in [0.2, 0.25) is 5.88 Å². The predicted molar refractivity (Wildman–Crippen MR) is 149 cm³/mol. The number of nitrogens with two attached hydrogens (primary N) is 1. The molecule has 2 bridgehead atoms. The number of hydrogen-bond donors (Lipinski definition) is 1. The van der Waals surface area contributed by atoms with Gasteiger partial charge in [0.15, 0.2) is 0 Å². The van der Waals surface area contributed by atoms with Crippen molar-refractivity contribution < 1.29 is 4.74 Å². The molecule has 2 unspecified atom stereocenters. The van der Waals surface area contributed by atoms with E-state index in [4.69, 9.17) is 15.5 Å². The van der Waals surface area contributed by atoms with E-state index in [0.29, 0.717) is 23.5 Å². The first-order valence-corrected chi connectivity index (χ1v) is 13.0. The quantitative estimate of drug-likeness (QED) is 0.401. The van der Waals surface area contributed by atoms with Crippen LogP contribution in [0.15, 0.2) is 55.1 Å². The molecule has 9 heteroatoms. The maximum atomic E-state index is 9.67. The topological polar surface area (TPSA) is 109 Å².